The monoisotopic (exact) mass is 131 g/mol. The Morgan fingerprint density at radius 1 is 1.38 bits per heavy atom. The summed E-state index contributed by atoms with van der Waals surface area (Å²) in [5.74, 6) is 1.18. The van der Waals surface area contributed by atoms with Crippen LogP contribution >= 0.6 is 11.8 Å². The highest BCUT2D eigenvalue weighted by atomic mass is 32.2. The number of hydrogen-bond donors (Lipinski definition) is 0. The molecule has 0 aromatic rings. The van der Waals surface area contributed by atoms with Crippen molar-refractivity contribution in [1.29, 1.82) is 0 Å². The largest absolute Gasteiger partial charge is 0.161 e. The summed E-state index contributed by atoms with van der Waals surface area (Å²) in [4.78, 5) is 0. The smallest absolute Gasteiger partial charge is 0.00235 e. The van der Waals surface area contributed by atoms with E-state index in [1.807, 2.05) is 0 Å². The number of hydrogen-bond acceptors (Lipinski definition) is 1. The van der Waals surface area contributed by atoms with Crippen molar-refractivity contribution in [3.63, 3.8) is 0 Å². The molecule has 1 heteroatoms. The first-order valence-electron chi connectivity index (χ1n) is 2.93. The number of rotatable bonds is 2. The van der Waals surface area contributed by atoms with Crippen LogP contribution in [0.3, 0.4) is 0 Å². The lowest BCUT2D eigenvalue weighted by atomic mass is 9.94. The SMILES string of the molecule is [CH2]SCCC(C)(C)C. The molecular formula is C7H15S. The zero-order valence-corrected chi connectivity index (χ0v) is 6.85. The molecule has 0 amide bonds. The van der Waals surface area contributed by atoms with E-state index in [4.69, 9.17) is 0 Å². The highest BCUT2D eigenvalue weighted by Crippen LogP contribution is 2.20. The molecular weight excluding hydrogens is 116 g/mol. The molecule has 49 valence electrons. The van der Waals surface area contributed by atoms with E-state index in [1.54, 1.807) is 11.8 Å². The van der Waals surface area contributed by atoms with Gasteiger partial charge >= 0.3 is 0 Å². The van der Waals surface area contributed by atoms with E-state index < -0.39 is 0 Å². The Labute approximate surface area is 57.1 Å². The Hall–Kier alpha value is 0.350. The van der Waals surface area contributed by atoms with Crippen molar-refractivity contribution in [3.8, 4) is 0 Å². The van der Waals surface area contributed by atoms with Crippen molar-refractivity contribution >= 4 is 11.8 Å². The summed E-state index contributed by atoms with van der Waals surface area (Å²) < 4.78 is 0. The third-order valence-corrected chi connectivity index (χ3v) is 1.49. The molecule has 0 saturated carbocycles. The standard InChI is InChI=1S/C7H15S/c1-7(2,3)5-6-8-4/h4-6H2,1-3H3. The predicted molar refractivity (Wildman–Crippen MR) is 41.9 cm³/mol. The summed E-state index contributed by atoms with van der Waals surface area (Å²) in [7, 11) is 0. The molecule has 0 fully saturated rings. The molecule has 0 aliphatic rings. The first-order valence-corrected chi connectivity index (χ1v) is 4.09. The van der Waals surface area contributed by atoms with Gasteiger partial charge in [-0.3, -0.25) is 0 Å². The first-order chi connectivity index (χ1) is 3.56. The van der Waals surface area contributed by atoms with Crippen LogP contribution in [0.5, 0.6) is 0 Å². The molecule has 0 rings (SSSR count). The summed E-state index contributed by atoms with van der Waals surface area (Å²) in [6.45, 7) is 6.76. The third kappa shape index (κ3) is 6.35. The zero-order chi connectivity index (χ0) is 6.62. The molecule has 0 bridgehead atoms. The van der Waals surface area contributed by atoms with Crippen LogP contribution in [0.15, 0.2) is 0 Å². The molecule has 0 aromatic carbocycles. The second kappa shape index (κ2) is 3.39. The summed E-state index contributed by atoms with van der Waals surface area (Å²) in [5, 5.41) is 0. The summed E-state index contributed by atoms with van der Waals surface area (Å²) in [6.07, 6.45) is 4.97. The van der Waals surface area contributed by atoms with Gasteiger partial charge in [0, 0.05) is 6.26 Å². The summed E-state index contributed by atoms with van der Waals surface area (Å²) in [5.41, 5.74) is 0.491. The van der Waals surface area contributed by atoms with Gasteiger partial charge in [0.1, 0.15) is 0 Å². The molecule has 0 aliphatic heterocycles. The van der Waals surface area contributed by atoms with Crippen LogP contribution in [0.4, 0.5) is 0 Å². The molecule has 1 radical (unpaired) electrons. The minimum absolute atomic E-state index is 0.491. The molecule has 0 aliphatic carbocycles. The molecule has 0 atom stereocenters. The minimum Gasteiger partial charge on any atom is -0.161 e. The second-order valence-corrected chi connectivity index (χ2v) is 4.04. The van der Waals surface area contributed by atoms with Crippen molar-refractivity contribution in [2.24, 2.45) is 5.41 Å². The first kappa shape index (κ1) is 8.35. The van der Waals surface area contributed by atoms with E-state index in [1.165, 1.54) is 12.2 Å². The van der Waals surface area contributed by atoms with E-state index >= 15 is 0 Å². The van der Waals surface area contributed by atoms with Gasteiger partial charge in [0.05, 0.1) is 0 Å². The lowest BCUT2D eigenvalue weighted by Gasteiger charge is -2.16. The van der Waals surface area contributed by atoms with Crippen LogP contribution in [-0.2, 0) is 0 Å². The van der Waals surface area contributed by atoms with Gasteiger partial charge in [-0.1, -0.05) is 20.8 Å². The Morgan fingerprint density at radius 3 is 2.00 bits per heavy atom. The molecule has 0 unspecified atom stereocenters. The van der Waals surface area contributed by atoms with Crippen LogP contribution in [0.25, 0.3) is 0 Å². The maximum Gasteiger partial charge on any atom is 0.00235 e. The predicted octanol–water partition coefficient (Wildman–Crippen LogP) is 2.95. The second-order valence-electron chi connectivity index (χ2n) is 3.22. The van der Waals surface area contributed by atoms with Crippen LogP contribution in [0.2, 0.25) is 0 Å². The molecule has 0 saturated heterocycles. The van der Waals surface area contributed by atoms with Gasteiger partial charge in [-0.2, -0.15) is 11.8 Å². The van der Waals surface area contributed by atoms with E-state index in [0.29, 0.717) is 5.41 Å². The van der Waals surface area contributed by atoms with Crippen molar-refractivity contribution in [1.82, 2.24) is 0 Å². The van der Waals surface area contributed by atoms with Crippen molar-refractivity contribution < 1.29 is 0 Å². The highest BCUT2D eigenvalue weighted by molar-refractivity contribution is 8.00. The lowest BCUT2D eigenvalue weighted by molar-refractivity contribution is 0.402. The third-order valence-electron chi connectivity index (χ3n) is 0.996. The Morgan fingerprint density at radius 2 is 1.88 bits per heavy atom. The van der Waals surface area contributed by atoms with Gasteiger partial charge in [0.15, 0.2) is 0 Å². The van der Waals surface area contributed by atoms with Crippen molar-refractivity contribution in [2.45, 2.75) is 27.2 Å². The fourth-order valence-electron chi connectivity index (χ4n) is 0.378. The maximum atomic E-state index is 3.71. The van der Waals surface area contributed by atoms with Crippen molar-refractivity contribution in [2.75, 3.05) is 5.75 Å². The highest BCUT2D eigenvalue weighted by Gasteiger charge is 2.07. The topological polar surface area (TPSA) is 0 Å². The van der Waals surface area contributed by atoms with Gasteiger partial charge in [-0.05, 0) is 17.6 Å². The van der Waals surface area contributed by atoms with Gasteiger partial charge < -0.3 is 0 Å². The molecule has 0 aromatic heterocycles. The Bertz CT molecular complexity index is 51.9. The average Bonchev–Trinajstić information content (AvgIpc) is 1.59. The van der Waals surface area contributed by atoms with Gasteiger partial charge in [0.25, 0.3) is 0 Å². The quantitative estimate of drug-likeness (QED) is 0.555. The average molecular weight is 131 g/mol. The van der Waals surface area contributed by atoms with E-state index in [9.17, 15) is 0 Å². The summed E-state index contributed by atoms with van der Waals surface area (Å²) in [6, 6.07) is 0. The van der Waals surface area contributed by atoms with E-state index in [2.05, 4.69) is 27.0 Å². The molecule has 0 spiro atoms. The lowest BCUT2D eigenvalue weighted by Crippen LogP contribution is -2.05. The van der Waals surface area contributed by atoms with E-state index in [0.717, 1.165) is 0 Å². The van der Waals surface area contributed by atoms with Crippen LogP contribution in [0.1, 0.15) is 27.2 Å². The maximum absolute atomic E-state index is 3.71. The molecule has 0 nitrogen and oxygen atoms in total. The molecule has 0 N–H and O–H groups in total. The van der Waals surface area contributed by atoms with Gasteiger partial charge in [-0.15, -0.1) is 0 Å². The number of thioether (sulfide) groups is 1. The summed E-state index contributed by atoms with van der Waals surface area (Å²) >= 11 is 1.68. The van der Waals surface area contributed by atoms with E-state index in [-0.39, 0.29) is 0 Å². The normalized spacial score (nSPS) is 12.0. The van der Waals surface area contributed by atoms with Gasteiger partial charge in [-0.25, -0.2) is 0 Å². The van der Waals surface area contributed by atoms with Crippen molar-refractivity contribution in [3.05, 3.63) is 6.26 Å². The van der Waals surface area contributed by atoms with Gasteiger partial charge in [0.2, 0.25) is 0 Å². The Kier molecular flexibility index (Phi) is 3.54. The minimum atomic E-state index is 0.491. The fraction of sp³-hybridized carbons (Fsp3) is 0.857. The van der Waals surface area contributed by atoms with Crippen LogP contribution in [-0.4, -0.2) is 5.75 Å². The Balaban J connectivity index is 3.11. The van der Waals surface area contributed by atoms with Crippen LogP contribution in [0, 0.1) is 11.7 Å². The molecule has 8 heavy (non-hydrogen) atoms. The van der Waals surface area contributed by atoms with Crippen LogP contribution < -0.4 is 0 Å². The molecule has 0 heterocycles. The zero-order valence-electron chi connectivity index (χ0n) is 6.03. The fourth-order valence-corrected chi connectivity index (χ4v) is 1.14.